The van der Waals surface area contributed by atoms with Gasteiger partial charge in [-0.05, 0) is 31.7 Å². The van der Waals surface area contributed by atoms with E-state index < -0.39 is 0 Å². The molecule has 2 rings (SSSR count). The van der Waals surface area contributed by atoms with Crippen molar-refractivity contribution in [1.29, 1.82) is 0 Å². The normalized spacial score (nSPS) is 16.1. The SMILES string of the molecule is Cc1c(N)ccc(=O)n1CC1CC1. The highest BCUT2D eigenvalue weighted by Gasteiger charge is 2.22. The van der Waals surface area contributed by atoms with Crippen LogP contribution in [0.2, 0.25) is 0 Å². The van der Waals surface area contributed by atoms with Gasteiger partial charge in [-0.15, -0.1) is 0 Å². The Morgan fingerprint density at radius 2 is 2.23 bits per heavy atom. The Balaban J connectivity index is 2.40. The molecule has 2 N–H and O–H groups in total. The molecule has 0 aromatic carbocycles. The standard InChI is InChI=1S/C10H14N2O/c1-7-9(11)4-5-10(13)12(7)6-8-2-3-8/h4-5,8H,2-3,6,11H2,1H3. The molecule has 3 heteroatoms. The Labute approximate surface area is 77.2 Å². The minimum absolute atomic E-state index is 0.0681. The van der Waals surface area contributed by atoms with Gasteiger partial charge in [0.15, 0.2) is 0 Å². The molecule has 0 bridgehead atoms. The van der Waals surface area contributed by atoms with E-state index in [2.05, 4.69) is 0 Å². The fourth-order valence-corrected chi connectivity index (χ4v) is 1.48. The van der Waals surface area contributed by atoms with Crippen LogP contribution in [-0.2, 0) is 6.54 Å². The topological polar surface area (TPSA) is 48.0 Å². The van der Waals surface area contributed by atoms with Crippen LogP contribution in [-0.4, -0.2) is 4.57 Å². The Morgan fingerprint density at radius 1 is 1.54 bits per heavy atom. The number of aromatic nitrogens is 1. The summed E-state index contributed by atoms with van der Waals surface area (Å²) in [7, 11) is 0. The van der Waals surface area contributed by atoms with Gasteiger partial charge in [0.2, 0.25) is 0 Å². The van der Waals surface area contributed by atoms with E-state index in [-0.39, 0.29) is 5.56 Å². The first-order valence-electron chi connectivity index (χ1n) is 4.64. The highest BCUT2D eigenvalue weighted by molar-refractivity contribution is 5.41. The molecule has 0 atom stereocenters. The third kappa shape index (κ3) is 1.59. The minimum Gasteiger partial charge on any atom is -0.397 e. The Kier molecular flexibility index (Phi) is 1.87. The van der Waals surface area contributed by atoms with Crippen molar-refractivity contribution in [1.82, 2.24) is 4.57 Å². The number of hydrogen-bond donors (Lipinski definition) is 1. The fraction of sp³-hybridized carbons (Fsp3) is 0.500. The molecule has 0 unspecified atom stereocenters. The van der Waals surface area contributed by atoms with Gasteiger partial charge in [-0.3, -0.25) is 4.79 Å². The van der Waals surface area contributed by atoms with E-state index in [1.54, 1.807) is 16.7 Å². The van der Waals surface area contributed by atoms with Crippen LogP contribution in [0.5, 0.6) is 0 Å². The van der Waals surface area contributed by atoms with Gasteiger partial charge in [0.25, 0.3) is 5.56 Å². The first-order chi connectivity index (χ1) is 6.18. The summed E-state index contributed by atoms with van der Waals surface area (Å²) in [5.74, 6) is 0.707. The largest absolute Gasteiger partial charge is 0.397 e. The summed E-state index contributed by atoms with van der Waals surface area (Å²) >= 11 is 0. The highest BCUT2D eigenvalue weighted by atomic mass is 16.1. The predicted octanol–water partition coefficient (Wildman–Crippen LogP) is 1.15. The molecular formula is C10H14N2O. The molecule has 1 aliphatic rings. The third-order valence-electron chi connectivity index (χ3n) is 2.63. The smallest absolute Gasteiger partial charge is 0.250 e. The number of rotatable bonds is 2. The van der Waals surface area contributed by atoms with E-state index in [1.807, 2.05) is 6.92 Å². The van der Waals surface area contributed by atoms with Gasteiger partial charge in [-0.2, -0.15) is 0 Å². The molecule has 0 radical (unpaired) electrons. The van der Waals surface area contributed by atoms with E-state index in [0.717, 1.165) is 12.2 Å². The van der Waals surface area contributed by atoms with E-state index in [0.29, 0.717) is 11.6 Å². The summed E-state index contributed by atoms with van der Waals surface area (Å²) in [6.45, 7) is 2.74. The van der Waals surface area contributed by atoms with Gasteiger partial charge in [0.05, 0.1) is 5.69 Å². The van der Waals surface area contributed by atoms with E-state index in [4.69, 9.17) is 5.73 Å². The van der Waals surface area contributed by atoms with Crippen molar-refractivity contribution in [3.05, 3.63) is 28.2 Å². The summed E-state index contributed by atoms with van der Waals surface area (Å²) in [5.41, 5.74) is 7.40. The first kappa shape index (κ1) is 8.35. The molecule has 1 aromatic heterocycles. The maximum absolute atomic E-state index is 11.5. The lowest BCUT2D eigenvalue weighted by molar-refractivity contribution is 0.593. The maximum Gasteiger partial charge on any atom is 0.250 e. The van der Waals surface area contributed by atoms with Crippen LogP contribution < -0.4 is 11.3 Å². The van der Waals surface area contributed by atoms with Crippen LogP contribution in [0.15, 0.2) is 16.9 Å². The zero-order valence-corrected chi connectivity index (χ0v) is 7.79. The number of nitrogens with two attached hydrogens (primary N) is 1. The van der Waals surface area contributed by atoms with Crippen molar-refractivity contribution < 1.29 is 0 Å². The summed E-state index contributed by atoms with van der Waals surface area (Å²) < 4.78 is 1.78. The van der Waals surface area contributed by atoms with Gasteiger partial charge in [-0.1, -0.05) is 0 Å². The summed E-state index contributed by atoms with van der Waals surface area (Å²) in [4.78, 5) is 11.5. The van der Waals surface area contributed by atoms with Gasteiger partial charge in [0.1, 0.15) is 0 Å². The summed E-state index contributed by atoms with van der Waals surface area (Å²) in [6, 6.07) is 3.23. The molecule has 0 aliphatic heterocycles. The third-order valence-corrected chi connectivity index (χ3v) is 2.63. The van der Waals surface area contributed by atoms with Crippen molar-refractivity contribution in [2.24, 2.45) is 5.92 Å². The van der Waals surface area contributed by atoms with Crippen LogP contribution >= 0.6 is 0 Å². The molecule has 1 fully saturated rings. The molecule has 1 heterocycles. The van der Waals surface area contributed by atoms with E-state index in [1.165, 1.54) is 12.8 Å². The van der Waals surface area contributed by atoms with Crippen LogP contribution in [0.4, 0.5) is 5.69 Å². The van der Waals surface area contributed by atoms with Crippen molar-refractivity contribution in [2.75, 3.05) is 5.73 Å². The zero-order chi connectivity index (χ0) is 9.42. The van der Waals surface area contributed by atoms with Crippen LogP contribution in [0, 0.1) is 12.8 Å². The maximum atomic E-state index is 11.5. The van der Waals surface area contributed by atoms with Gasteiger partial charge in [0, 0.05) is 18.3 Å². The second-order valence-corrected chi connectivity index (χ2v) is 3.77. The zero-order valence-electron chi connectivity index (χ0n) is 7.79. The quantitative estimate of drug-likeness (QED) is 0.738. The van der Waals surface area contributed by atoms with Gasteiger partial charge in [-0.25, -0.2) is 0 Å². The molecule has 13 heavy (non-hydrogen) atoms. The average molecular weight is 178 g/mol. The lowest BCUT2D eigenvalue weighted by Crippen LogP contribution is -2.23. The highest BCUT2D eigenvalue weighted by Crippen LogP contribution is 2.30. The van der Waals surface area contributed by atoms with Crippen molar-refractivity contribution in [2.45, 2.75) is 26.3 Å². The molecule has 3 nitrogen and oxygen atoms in total. The van der Waals surface area contributed by atoms with Crippen LogP contribution in [0.25, 0.3) is 0 Å². The van der Waals surface area contributed by atoms with Crippen LogP contribution in [0.3, 0.4) is 0 Å². The molecule has 70 valence electrons. The molecular weight excluding hydrogens is 164 g/mol. The van der Waals surface area contributed by atoms with Crippen molar-refractivity contribution in [3.8, 4) is 0 Å². The van der Waals surface area contributed by atoms with Crippen molar-refractivity contribution in [3.63, 3.8) is 0 Å². The van der Waals surface area contributed by atoms with Gasteiger partial charge >= 0.3 is 0 Å². The fourth-order valence-electron chi connectivity index (χ4n) is 1.48. The van der Waals surface area contributed by atoms with Gasteiger partial charge < -0.3 is 10.3 Å². The Morgan fingerprint density at radius 3 is 2.85 bits per heavy atom. The number of hydrogen-bond acceptors (Lipinski definition) is 2. The lowest BCUT2D eigenvalue weighted by Gasteiger charge is -2.10. The molecule has 1 aliphatic carbocycles. The summed E-state index contributed by atoms with van der Waals surface area (Å²) in [6.07, 6.45) is 2.50. The van der Waals surface area contributed by atoms with Crippen LogP contribution in [0.1, 0.15) is 18.5 Å². The Bertz CT molecular complexity index is 377. The predicted molar refractivity (Wildman–Crippen MR) is 52.6 cm³/mol. The van der Waals surface area contributed by atoms with Crippen molar-refractivity contribution >= 4 is 5.69 Å². The average Bonchev–Trinajstić information content (AvgIpc) is 2.89. The second kappa shape index (κ2) is 2.91. The number of anilines is 1. The van der Waals surface area contributed by atoms with E-state index in [9.17, 15) is 4.79 Å². The summed E-state index contributed by atoms with van der Waals surface area (Å²) in [5, 5.41) is 0. The Hall–Kier alpha value is -1.25. The number of nitrogen functional groups attached to an aromatic ring is 1. The molecule has 0 amide bonds. The lowest BCUT2D eigenvalue weighted by atomic mass is 10.3. The molecule has 0 saturated heterocycles. The number of pyridine rings is 1. The monoisotopic (exact) mass is 178 g/mol. The molecule has 0 spiro atoms. The first-order valence-corrected chi connectivity index (χ1v) is 4.64. The second-order valence-electron chi connectivity index (χ2n) is 3.77. The van der Waals surface area contributed by atoms with E-state index >= 15 is 0 Å². The molecule has 1 aromatic rings. The number of nitrogens with zero attached hydrogens (tertiary/aromatic N) is 1. The minimum atomic E-state index is 0.0681. The molecule has 1 saturated carbocycles.